The quantitative estimate of drug-likeness (QED) is 0.662. The zero-order chi connectivity index (χ0) is 9.56. The Bertz CT molecular complexity index is 139. The molecule has 0 bridgehead atoms. The van der Waals surface area contributed by atoms with Crippen LogP contribution in [0.4, 0.5) is 0 Å². The minimum Gasteiger partial charge on any atom is -0.354 e. The van der Waals surface area contributed by atoms with E-state index in [1.807, 2.05) is 0 Å². The molecule has 0 heterocycles. The summed E-state index contributed by atoms with van der Waals surface area (Å²) in [6.45, 7) is 4.52. The van der Waals surface area contributed by atoms with Gasteiger partial charge >= 0.3 is 0 Å². The van der Waals surface area contributed by atoms with E-state index in [-0.39, 0.29) is 5.91 Å². The second-order valence-corrected chi connectivity index (χ2v) is 4.01. The molecule has 0 aliphatic heterocycles. The average molecular weight is 190 g/mol. The summed E-state index contributed by atoms with van der Waals surface area (Å²) in [6, 6.07) is -0.397. The van der Waals surface area contributed by atoms with E-state index in [4.69, 9.17) is 5.73 Å². The van der Waals surface area contributed by atoms with Gasteiger partial charge in [-0.05, 0) is 24.9 Å². The normalized spacial score (nSPS) is 15.3. The van der Waals surface area contributed by atoms with Crippen molar-refractivity contribution in [2.75, 3.05) is 18.6 Å². The van der Waals surface area contributed by atoms with E-state index in [1.165, 1.54) is 0 Å². The van der Waals surface area contributed by atoms with Gasteiger partial charge in [-0.15, -0.1) is 0 Å². The van der Waals surface area contributed by atoms with Gasteiger partial charge in [0.2, 0.25) is 5.91 Å². The SMILES string of the molecule is CSCC(C)CNC(=O)C(C)N. The van der Waals surface area contributed by atoms with Crippen LogP contribution in [0, 0.1) is 5.92 Å². The van der Waals surface area contributed by atoms with Crippen LogP contribution in [0.15, 0.2) is 0 Å². The Morgan fingerprint density at radius 1 is 1.58 bits per heavy atom. The van der Waals surface area contributed by atoms with E-state index in [0.717, 1.165) is 12.3 Å². The smallest absolute Gasteiger partial charge is 0.236 e. The van der Waals surface area contributed by atoms with Crippen LogP contribution in [0.5, 0.6) is 0 Å². The van der Waals surface area contributed by atoms with Crippen molar-refractivity contribution in [1.29, 1.82) is 0 Å². The maximum absolute atomic E-state index is 11.0. The molecule has 2 unspecified atom stereocenters. The van der Waals surface area contributed by atoms with Gasteiger partial charge < -0.3 is 11.1 Å². The minimum absolute atomic E-state index is 0.0667. The van der Waals surface area contributed by atoms with Crippen molar-refractivity contribution in [3.05, 3.63) is 0 Å². The molecule has 0 rings (SSSR count). The third kappa shape index (κ3) is 5.43. The second-order valence-electron chi connectivity index (χ2n) is 3.09. The summed E-state index contributed by atoms with van der Waals surface area (Å²) >= 11 is 1.79. The molecular formula is C8H18N2OS. The largest absolute Gasteiger partial charge is 0.354 e. The van der Waals surface area contributed by atoms with Gasteiger partial charge in [-0.2, -0.15) is 11.8 Å². The van der Waals surface area contributed by atoms with Gasteiger partial charge in [0.1, 0.15) is 0 Å². The molecule has 0 saturated heterocycles. The number of hydrogen-bond donors (Lipinski definition) is 2. The number of carbonyl (C=O) groups is 1. The maximum Gasteiger partial charge on any atom is 0.236 e. The predicted molar refractivity (Wildman–Crippen MR) is 54.2 cm³/mol. The van der Waals surface area contributed by atoms with Gasteiger partial charge in [0.25, 0.3) is 0 Å². The number of amides is 1. The summed E-state index contributed by atoms with van der Waals surface area (Å²) in [4.78, 5) is 11.0. The van der Waals surface area contributed by atoms with Gasteiger partial charge in [-0.1, -0.05) is 6.92 Å². The van der Waals surface area contributed by atoms with Crippen molar-refractivity contribution in [3.63, 3.8) is 0 Å². The summed E-state index contributed by atoms with van der Waals surface area (Å²) in [5.74, 6) is 1.52. The Hall–Kier alpha value is -0.220. The first-order valence-corrected chi connectivity index (χ1v) is 5.49. The van der Waals surface area contributed by atoms with Crippen molar-refractivity contribution in [1.82, 2.24) is 5.32 Å². The van der Waals surface area contributed by atoms with Crippen LogP contribution >= 0.6 is 11.8 Å². The van der Waals surface area contributed by atoms with E-state index < -0.39 is 6.04 Å². The summed E-state index contributed by atoms with van der Waals surface area (Å²) in [6.07, 6.45) is 2.06. The molecule has 0 saturated carbocycles. The molecule has 12 heavy (non-hydrogen) atoms. The highest BCUT2D eigenvalue weighted by Gasteiger charge is 2.08. The van der Waals surface area contributed by atoms with Crippen LogP contribution in [-0.2, 0) is 4.79 Å². The molecule has 72 valence electrons. The van der Waals surface area contributed by atoms with Crippen LogP contribution in [-0.4, -0.2) is 30.5 Å². The summed E-state index contributed by atoms with van der Waals surface area (Å²) in [7, 11) is 0. The minimum atomic E-state index is -0.397. The Morgan fingerprint density at radius 2 is 2.17 bits per heavy atom. The van der Waals surface area contributed by atoms with E-state index in [9.17, 15) is 4.79 Å². The lowest BCUT2D eigenvalue weighted by molar-refractivity contribution is -0.122. The zero-order valence-electron chi connectivity index (χ0n) is 7.96. The first kappa shape index (κ1) is 11.8. The summed E-state index contributed by atoms with van der Waals surface area (Å²) < 4.78 is 0. The van der Waals surface area contributed by atoms with E-state index in [0.29, 0.717) is 5.92 Å². The highest BCUT2D eigenvalue weighted by atomic mass is 32.2. The van der Waals surface area contributed by atoms with Crippen LogP contribution < -0.4 is 11.1 Å². The molecule has 4 heteroatoms. The van der Waals surface area contributed by atoms with Crippen molar-refractivity contribution < 1.29 is 4.79 Å². The number of rotatable bonds is 5. The highest BCUT2D eigenvalue weighted by molar-refractivity contribution is 7.98. The molecule has 3 N–H and O–H groups in total. The molecule has 0 radical (unpaired) electrons. The molecule has 1 amide bonds. The van der Waals surface area contributed by atoms with Gasteiger partial charge in [0.15, 0.2) is 0 Å². The van der Waals surface area contributed by atoms with Gasteiger partial charge in [-0.3, -0.25) is 4.79 Å². The van der Waals surface area contributed by atoms with Gasteiger partial charge in [0.05, 0.1) is 6.04 Å². The molecule has 3 nitrogen and oxygen atoms in total. The topological polar surface area (TPSA) is 55.1 Å². The van der Waals surface area contributed by atoms with Crippen molar-refractivity contribution >= 4 is 17.7 Å². The number of nitrogens with one attached hydrogen (secondary N) is 1. The average Bonchev–Trinajstić information content (AvgIpc) is 2.00. The zero-order valence-corrected chi connectivity index (χ0v) is 8.78. The molecular weight excluding hydrogens is 172 g/mol. The fourth-order valence-electron chi connectivity index (χ4n) is 0.779. The Kier molecular flexibility index (Phi) is 6.20. The molecule has 2 atom stereocenters. The van der Waals surface area contributed by atoms with Crippen LogP contribution in [0.3, 0.4) is 0 Å². The van der Waals surface area contributed by atoms with Gasteiger partial charge in [-0.25, -0.2) is 0 Å². The van der Waals surface area contributed by atoms with Crippen molar-refractivity contribution in [3.8, 4) is 0 Å². The number of carbonyl (C=O) groups excluding carboxylic acids is 1. The molecule has 0 aromatic carbocycles. The van der Waals surface area contributed by atoms with Gasteiger partial charge in [0, 0.05) is 6.54 Å². The second kappa shape index (κ2) is 6.31. The highest BCUT2D eigenvalue weighted by Crippen LogP contribution is 2.02. The third-order valence-corrected chi connectivity index (χ3v) is 2.39. The summed E-state index contributed by atoms with van der Waals surface area (Å²) in [5, 5.41) is 2.79. The lowest BCUT2D eigenvalue weighted by atomic mass is 10.2. The molecule has 0 aliphatic rings. The first-order valence-electron chi connectivity index (χ1n) is 4.10. The number of thioether (sulfide) groups is 1. The fourth-order valence-corrected chi connectivity index (χ4v) is 1.47. The van der Waals surface area contributed by atoms with E-state index >= 15 is 0 Å². The molecule has 0 aromatic heterocycles. The standard InChI is InChI=1S/C8H18N2OS/c1-6(5-12-3)4-10-8(11)7(2)9/h6-7H,4-5,9H2,1-3H3,(H,10,11). The molecule has 0 fully saturated rings. The van der Waals surface area contributed by atoms with E-state index in [2.05, 4.69) is 18.5 Å². The molecule has 0 aliphatic carbocycles. The van der Waals surface area contributed by atoms with Crippen molar-refractivity contribution in [2.45, 2.75) is 19.9 Å². The monoisotopic (exact) mass is 190 g/mol. The van der Waals surface area contributed by atoms with Crippen LogP contribution in [0.1, 0.15) is 13.8 Å². The Labute approximate surface area is 78.5 Å². The lowest BCUT2D eigenvalue weighted by Gasteiger charge is -2.12. The fraction of sp³-hybridized carbons (Fsp3) is 0.875. The Balaban J connectivity index is 3.47. The van der Waals surface area contributed by atoms with Crippen LogP contribution in [0.2, 0.25) is 0 Å². The van der Waals surface area contributed by atoms with E-state index in [1.54, 1.807) is 18.7 Å². The van der Waals surface area contributed by atoms with Crippen LogP contribution in [0.25, 0.3) is 0 Å². The predicted octanol–water partition coefficient (Wildman–Crippen LogP) is 0.449. The first-order chi connectivity index (χ1) is 5.57. The third-order valence-electron chi connectivity index (χ3n) is 1.49. The lowest BCUT2D eigenvalue weighted by Crippen LogP contribution is -2.40. The maximum atomic E-state index is 11.0. The summed E-state index contributed by atoms with van der Waals surface area (Å²) in [5.41, 5.74) is 5.38. The molecule has 0 spiro atoms. The number of nitrogens with two attached hydrogens (primary N) is 1. The molecule has 0 aromatic rings. The number of hydrogen-bond acceptors (Lipinski definition) is 3. The Morgan fingerprint density at radius 3 is 2.58 bits per heavy atom. The van der Waals surface area contributed by atoms with Crippen molar-refractivity contribution in [2.24, 2.45) is 11.7 Å².